The first-order valence-electron chi connectivity index (χ1n) is 14.4. The van der Waals surface area contributed by atoms with E-state index in [1.54, 1.807) is 29.7 Å². The third-order valence-corrected chi connectivity index (χ3v) is 8.47. The number of carbonyl (C=O) groups excluding carboxylic acids is 2. The molecule has 1 fully saturated rings. The summed E-state index contributed by atoms with van der Waals surface area (Å²) >= 11 is 1.27. The van der Waals surface area contributed by atoms with E-state index in [-0.39, 0.29) is 24.7 Å². The number of thiazole rings is 1. The third-order valence-electron chi connectivity index (χ3n) is 7.49. The lowest BCUT2D eigenvalue weighted by Crippen LogP contribution is -2.39. The summed E-state index contributed by atoms with van der Waals surface area (Å²) in [6.07, 6.45) is 3.88. The van der Waals surface area contributed by atoms with Crippen molar-refractivity contribution in [1.29, 1.82) is 0 Å². The number of aromatic nitrogens is 1. The molecule has 3 aromatic carbocycles. The van der Waals surface area contributed by atoms with Gasteiger partial charge in [-0.3, -0.25) is 14.2 Å². The lowest BCUT2D eigenvalue weighted by molar-refractivity contribution is -0.139. The Labute approximate surface area is 252 Å². The molecule has 1 saturated heterocycles. The third kappa shape index (κ3) is 5.94. The van der Waals surface area contributed by atoms with Gasteiger partial charge in [-0.25, -0.2) is 9.79 Å². The van der Waals surface area contributed by atoms with Gasteiger partial charge in [0.25, 0.3) is 11.5 Å². The van der Waals surface area contributed by atoms with Crippen LogP contribution in [0.1, 0.15) is 42.5 Å². The molecular weight excluding hydrogens is 562 g/mol. The van der Waals surface area contributed by atoms with Crippen molar-refractivity contribution in [3.8, 4) is 5.75 Å². The maximum atomic E-state index is 14.0. The van der Waals surface area contributed by atoms with Crippen LogP contribution in [0.2, 0.25) is 0 Å². The molecule has 1 amide bonds. The van der Waals surface area contributed by atoms with Gasteiger partial charge in [0.05, 0.1) is 28.5 Å². The highest BCUT2D eigenvalue weighted by Crippen LogP contribution is 2.35. The van der Waals surface area contributed by atoms with Crippen LogP contribution in [-0.2, 0) is 14.3 Å². The van der Waals surface area contributed by atoms with Crippen molar-refractivity contribution < 1.29 is 19.1 Å². The molecule has 1 atom stereocenters. The molecule has 0 radical (unpaired) electrons. The Morgan fingerprint density at radius 2 is 1.63 bits per heavy atom. The van der Waals surface area contributed by atoms with Crippen molar-refractivity contribution in [1.82, 2.24) is 9.47 Å². The minimum Gasteiger partial charge on any atom is -0.484 e. The van der Waals surface area contributed by atoms with E-state index in [1.165, 1.54) is 11.3 Å². The highest BCUT2D eigenvalue weighted by Gasteiger charge is 2.35. The van der Waals surface area contributed by atoms with Crippen molar-refractivity contribution in [2.45, 2.75) is 25.8 Å². The van der Waals surface area contributed by atoms with Gasteiger partial charge in [0.15, 0.2) is 11.4 Å². The van der Waals surface area contributed by atoms with E-state index in [9.17, 15) is 14.4 Å². The number of benzene rings is 3. The maximum Gasteiger partial charge on any atom is 0.338 e. The normalized spacial score (nSPS) is 16.5. The average molecular weight is 594 g/mol. The molecule has 6 rings (SSSR count). The predicted molar refractivity (Wildman–Crippen MR) is 165 cm³/mol. The predicted octanol–water partition coefficient (Wildman–Crippen LogP) is 3.94. The van der Waals surface area contributed by atoms with Crippen LogP contribution in [0.3, 0.4) is 0 Å². The molecule has 0 N–H and O–H groups in total. The van der Waals surface area contributed by atoms with Crippen LogP contribution in [0.5, 0.6) is 5.75 Å². The second-order valence-electron chi connectivity index (χ2n) is 10.3. The molecule has 0 saturated carbocycles. The number of fused-ring (bicyclic) bond motifs is 1. The van der Waals surface area contributed by atoms with Crippen LogP contribution in [0.25, 0.3) is 11.8 Å². The lowest BCUT2D eigenvalue weighted by atomic mass is 9.93. The Morgan fingerprint density at radius 3 is 2.30 bits per heavy atom. The zero-order valence-corrected chi connectivity index (χ0v) is 24.6. The number of carbonyl (C=O) groups is 2. The molecular formula is C34H31N3O5S. The second-order valence-corrected chi connectivity index (χ2v) is 11.3. The highest BCUT2D eigenvalue weighted by atomic mass is 32.1. The Morgan fingerprint density at radius 1 is 0.953 bits per heavy atom. The maximum absolute atomic E-state index is 14.0. The van der Waals surface area contributed by atoms with E-state index < -0.39 is 12.0 Å². The molecule has 0 unspecified atom stereocenters. The molecule has 218 valence electrons. The van der Waals surface area contributed by atoms with Gasteiger partial charge in [-0.05, 0) is 49.1 Å². The topological polar surface area (TPSA) is 90.2 Å². The summed E-state index contributed by atoms with van der Waals surface area (Å²) < 4.78 is 13.3. The molecule has 0 bridgehead atoms. The van der Waals surface area contributed by atoms with Gasteiger partial charge >= 0.3 is 5.97 Å². The van der Waals surface area contributed by atoms with Crippen molar-refractivity contribution in [3.63, 3.8) is 0 Å². The summed E-state index contributed by atoms with van der Waals surface area (Å²) in [7, 11) is 0. The van der Waals surface area contributed by atoms with Gasteiger partial charge in [-0.15, -0.1) is 0 Å². The second kappa shape index (κ2) is 12.6. The number of nitrogens with zero attached hydrogens (tertiary/aromatic N) is 3. The summed E-state index contributed by atoms with van der Waals surface area (Å²) in [6, 6.07) is 25.5. The standard InChI is InChI=1S/C34H31N3O5S/c1-2-41-33(40)29-30(24-11-5-3-6-12-24)35-34-37(31(29)25-13-7-4-8-14-25)32(39)27(43-34)21-23-15-17-26(18-16-23)42-22-28(38)36-19-9-10-20-36/h3-8,11-18,21,31H,2,9-10,19-20,22H2,1H3/b27-21+/t31-/m1/s1. The van der Waals surface area contributed by atoms with Gasteiger partial charge < -0.3 is 14.4 Å². The fraction of sp³-hybridized carbons (Fsp3) is 0.235. The van der Waals surface area contributed by atoms with Crippen molar-refractivity contribution >= 4 is 35.0 Å². The van der Waals surface area contributed by atoms with Crippen LogP contribution in [0.15, 0.2) is 100 Å². The first-order valence-corrected chi connectivity index (χ1v) is 15.2. The van der Waals surface area contributed by atoms with Gasteiger partial charge in [0, 0.05) is 18.7 Å². The van der Waals surface area contributed by atoms with Gasteiger partial charge in [-0.2, -0.15) is 0 Å². The zero-order valence-electron chi connectivity index (χ0n) is 23.8. The molecule has 8 nitrogen and oxygen atoms in total. The van der Waals surface area contributed by atoms with Gasteiger partial charge in [0.2, 0.25) is 0 Å². The largest absolute Gasteiger partial charge is 0.484 e. The van der Waals surface area contributed by atoms with Crippen LogP contribution in [0.4, 0.5) is 0 Å². The molecule has 4 aromatic rings. The number of esters is 1. The van der Waals surface area contributed by atoms with E-state index in [4.69, 9.17) is 14.5 Å². The lowest BCUT2D eigenvalue weighted by Gasteiger charge is -2.25. The molecule has 9 heteroatoms. The molecule has 3 heterocycles. The Kier molecular flexibility index (Phi) is 8.33. The number of hydrogen-bond donors (Lipinski definition) is 0. The minimum atomic E-state index is -0.710. The Bertz CT molecular complexity index is 1840. The Balaban J connectivity index is 1.39. The van der Waals surface area contributed by atoms with Crippen LogP contribution in [-0.4, -0.2) is 47.6 Å². The zero-order chi connectivity index (χ0) is 29.8. The SMILES string of the molecule is CCOC(=O)C1=C(c2ccccc2)N=c2s/c(=C/c3ccc(OCC(=O)N4CCCC4)cc3)c(=O)n2[C@@H]1c1ccccc1. The van der Waals surface area contributed by atoms with E-state index in [1.807, 2.05) is 77.7 Å². The number of hydrogen-bond acceptors (Lipinski definition) is 7. The van der Waals surface area contributed by atoms with Crippen LogP contribution in [0, 0.1) is 0 Å². The van der Waals surface area contributed by atoms with E-state index in [0.29, 0.717) is 26.4 Å². The first-order chi connectivity index (χ1) is 21.0. The number of likely N-dealkylation sites (tertiary alicyclic amines) is 1. The summed E-state index contributed by atoms with van der Waals surface area (Å²) in [5.74, 6) is 0.0709. The molecule has 0 spiro atoms. The van der Waals surface area contributed by atoms with E-state index in [0.717, 1.165) is 42.6 Å². The van der Waals surface area contributed by atoms with E-state index >= 15 is 0 Å². The average Bonchev–Trinajstić information content (AvgIpc) is 3.69. The van der Waals surface area contributed by atoms with Crippen molar-refractivity contribution in [2.24, 2.45) is 4.99 Å². The monoisotopic (exact) mass is 593 g/mol. The summed E-state index contributed by atoms with van der Waals surface area (Å²) in [4.78, 5) is 47.0. The summed E-state index contributed by atoms with van der Waals surface area (Å²) in [5.41, 5.74) is 2.92. The number of ether oxygens (including phenoxy) is 2. The van der Waals surface area contributed by atoms with Crippen molar-refractivity contribution in [2.75, 3.05) is 26.3 Å². The quantitative estimate of drug-likeness (QED) is 0.289. The molecule has 0 aliphatic carbocycles. The highest BCUT2D eigenvalue weighted by molar-refractivity contribution is 7.07. The van der Waals surface area contributed by atoms with Crippen molar-refractivity contribution in [3.05, 3.63) is 127 Å². The summed E-state index contributed by atoms with van der Waals surface area (Å²) in [6.45, 7) is 3.54. The molecule has 2 aliphatic rings. The minimum absolute atomic E-state index is 0.00395. The number of amides is 1. The fourth-order valence-corrected chi connectivity index (χ4v) is 6.41. The molecule has 43 heavy (non-hydrogen) atoms. The van der Waals surface area contributed by atoms with Gasteiger partial charge in [0.1, 0.15) is 5.75 Å². The smallest absolute Gasteiger partial charge is 0.338 e. The van der Waals surface area contributed by atoms with E-state index in [2.05, 4.69) is 0 Å². The molecule has 2 aliphatic heterocycles. The van der Waals surface area contributed by atoms with Gasteiger partial charge in [-0.1, -0.05) is 84.1 Å². The fourth-order valence-electron chi connectivity index (χ4n) is 5.41. The Hall–Kier alpha value is -4.76. The summed E-state index contributed by atoms with van der Waals surface area (Å²) in [5, 5.41) is 0. The molecule has 1 aromatic heterocycles. The van der Waals surface area contributed by atoms with Crippen LogP contribution < -0.4 is 19.6 Å². The number of rotatable bonds is 8. The van der Waals surface area contributed by atoms with Crippen LogP contribution >= 0.6 is 11.3 Å². The first kappa shape index (κ1) is 28.4.